The molecule has 24 heavy (non-hydrogen) atoms. The molecule has 1 amide bonds. The molecule has 1 aliphatic heterocycles. The zero-order valence-electron chi connectivity index (χ0n) is 13.4. The average molecular weight is 349 g/mol. The molecule has 0 bridgehead atoms. The van der Waals surface area contributed by atoms with Crippen molar-refractivity contribution in [3.05, 3.63) is 36.7 Å². The van der Waals surface area contributed by atoms with E-state index in [-0.39, 0.29) is 17.3 Å². The van der Waals surface area contributed by atoms with Gasteiger partial charge in [0, 0.05) is 43.3 Å². The lowest BCUT2D eigenvalue weighted by atomic mass is 10.2. The fourth-order valence-electron chi connectivity index (χ4n) is 2.67. The summed E-state index contributed by atoms with van der Waals surface area (Å²) in [6.45, 7) is 1.76. The molecule has 128 valence electrons. The van der Waals surface area contributed by atoms with E-state index < -0.39 is 10.0 Å². The van der Waals surface area contributed by atoms with Gasteiger partial charge in [0.25, 0.3) is 0 Å². The lowest BCUT2D eigenvalue weighted by molar-refractivity contribution is -0.135. The first kappa shape index (κ1) is 16.8. The van der Waals surface area contributed by atoms with Gasteiger partial charge in [0.05, 0.1) is 24.7 Å². The maximum absolute atomic E-state index is 12.9. The van der Waals surface area contributed by atoms with Gasteiger partial charge in [-0.2, -0.15) is 4.31 Å². The van der Waals surface area contributed by atoms with Crippen LogP contribution in [0.25, 0.3) is 10.8 Å². The smallest absolute Gasteiger partial charge is 0.243 e. The molecule has 3 rings (SSSR count). The van der Waals surface area contributed by atoms with Crippen molar-refractivity contribution < 1.29 is 17.9 Å². The van der Waals surface area contributed by atoms with Crippen LogP contribution in [0.2, 0.25) is 0 Å². The number of sulfonamides is 1. The van der Waals surface area contributed by atoms with Crippen LogP contribution >= 0.6 is 0 Å². The maximum Gasteiger partial charge on any atom is 0.243 e. The van der Waals surface area contributed by atoms with Crippen LogP contribution in [0.15, 0.2) is 41.6 Å². The van der Waals surface area contributed by atoms with E-state index in [1.807, 2.05) is 0 Å². The number of likely N-dealkylation sites (N-methyl/N-ethyl adjacent to an activating group) is 1. The van der Waals surface area contributed by atoms with Gasteiger partial charge in [-0.3, -0.25) is 9.78 Å². The lowest BCUT2D eigenvalue weighted by Gasteiger charge is -2.28. The molecule has 7 nitrogen and oxygen atoms in total. The van der Waals surface area contributed by atoms with E-state index in [0.29, 0.717) is 31.7 Å². The lowest BCUT2D eigenvalue weighted by Crippen LogP contribution is -2.46. The number of nitrogens with zero attached hydrogens (tertiary/aromatic N) is 3. The van der Waals surface area contributed by atoms with E-state index >= 15 is 0 Å². The summed E-state index contributed by atoms with van der Waals surface area (Å²) in [7, 11) is -2.35. The van der Waals surface area contributed by atoms with Crippen molar-refractivity contribution >= 4 is 26.7 Å². The summed E-state index contributed by atoms with van der Waals surface area (Å²) >= 11 is 0. The summed E-state index contributed by atoms with van der Waals surface area (Å²) in [5.41, 5.74) is 0. The predicted molar refractivity (Wildman–Crippen MR) is 89.0 cm³/mol. The summed E-state index contributed by atoms with van der Waals surface area (Å²) in [6.07, 6.45) is 3.17. The van der Waals surface area contributed by atoms with E-state index in [9.17, 15) is 13.2 Å². The quantitative estimate of drug-likeness (QED) is 0.812. The third-order valence-electron chi connectivity index (χ3n) is 4.05. The number of pyridine rings is 1. The number of carbonyl (C=O) groups is 1. The molecule has 2 aromatic rings. The fraction of sp³-hybridized carbons (Fsp3) is 0.375. The Balaban J connectivity index is 1.85. The minimum absolute atomic E-state index is 0.180. The van der Waals surface area contributed by atoms with Gasteiger partial charge in [-0.05, 0) is 12.1 Å². The predicted octanol–water partition coefficient (Wildman–Crippen LogP) is 0.714. The van der Waals surface area contributed by atoms with Crippen LogP contribution in [-0.2, 0) is 19.6 Å². The summed E-state index contributed by atoms with van der Waals surface area (Å²) in [6, 6.07) is 6.70. The molecular formula is C16H19N3O4S. The van der Waals surface area contributed by atoms with Crippen molar-refractivity contribution in [3.63, 3.8) is 0 Å². The maximum atomic E-state index is 12.9. The molecule has 0 atom stereocenters. The van der Waals surface area contributed by atoms with Gasteiger partial charge in [0.2, 0.25) is 15.9 Å². The van der Waals surface area contributed by atoms with E-state index in [1.165, 1.54) is 7.05 Å². The number of ether oxygens (including phenoxy) is 1. The Morgan fingerprint density at radius 3 is 2.79 bits per heavy atom. The van der Waals surface area contributed by atoms with Gasteiger partial charge < -0.3 is 9.64 Å². The minimum Gasteiger partial charge on any atom is -0.378 e. The van der Waals surface area contributed by atoms with E-state index in [1.54, 1.807) is 41.6 Å². The van der Waals surface area contributed by atoms with Crippen molar-refractivity contribution in [2.45, 2.75) is 4.90 Å². The SMILES string of the molecule is CN(CC(=O)N1CCOCC1)S(=O)(=O)c1cccc2cnccc12. The number of aromatic nitrogens is 1. The molecular weight excluding hydrogens is 330 g/mol. The van der Waals surface area contributed by atoms with Crippen LogP contribution in [0, 0.1) is 0 Å². The highest BCUT2D eigenvalue weighted by Crippen LogP contribution is 2.24. The molecule has 1 fully saturated rings. The number of carbonyl (C=O) groups excluding carboxylic acids is 1. The molecule has 8 heteroatoms. The van der Waals surface area contributed by atoms with Crippen molar-refractivity contribution in [3.8, 4) is 0 Å². The van der Waals surface area contributed by atoms with Crippen LogP contribution in [0.5, 0.6) is 0 Å². The van der Waals surface area contributed by atoms with Crippen LogP contribution < -0.4 is 0 Å². The molecule has 1 aromatic heterocycles. The third kappa shape index (κ3) is 3.26. The minimum atomic E-state index is -3.77. The standard InChI is InChI=1S/C16H19N3O4S/c1-18(12-16(20)19-7-9-23-10-8-19)24(21,22)15-4-2-3-13-11-17-6-5-14(13)15/h2-6,11H,7-10,12H2,1H3. The number of rotatable bonds is 4. The highest BCUT2D eigenvalue weighted by atomic mass is 32.2. The Labute approximate surface area is 140 Å². The van der Waals surface area contributed by atoms with E-state index in [4.69, 9.17) is 4.74 Å². The number of benzene rings is 1. The van der Waals surface area contributed by atoms with Crippen LogP contribution in [0.1, 0.15) is 0 Å². The van der Waals surface area contributed by atoms with Gasteiger partial charge in [-0.15, -0.1) is 0 Å². The monoisotopic (exact) mass is 349 g/mol. The first-order valence-corrected chi connectivity index (χ1v) is 9.09. The second-order valence-electron chi connectivity index (χ2n) is 5.61. The number of hydrogen-bond donors (Lipinski definition) is 0. The number of amides is 1. The van der Waals surface area contributed by atoms with E-state index in [2.05, 4.69) is 4.98 Å². The number of hydrogen-bond acceptors (Lipinski definition) is 5. The van der Waals surface area contributed by atoms with Crippen LogP contribution in [0.4, 0.5) is 0 Å². The molecule has 1 saturated heterocycles. The second-order valence-corrected chi connectivity index (χ2v) is 7.62. The van der Waals surface area contributed by atoms with E-state index in [0.717, 1.165) is 9.69 Å². The number of fused-ring (bicyclic) bond motifs is 1. The van der Waals surface area contributed by atoms with Gasteiger partial charge >= 0.3 is 0 Å². The Bertz CT molecular complexity index is 842. The highest BCUT2D eigenvalue weighted by molar-refractivity contribution is 7.89. The number of morpholine rings is 1. The Hall–Kier alpha value is -2.03. The van der Waals surface area contributed by atoms with Crippen LogP contribution in [0.3, 0.4) is 0 Å². The molecule has 0 spiro atoms. The van der Waals surface area contributed by atoms with Crippen molar-refractivity contribution in [1.82, 2.24) is 14.2 Å². The average Bonchev–Trinajstić information content (AvgIpc) is 2.61. The topological polar surface area (TPSA) is 79.8 Å². The molecule has 0 N–H and O–H groups in total. The molecule has 0 unspecified atom stereocenters. The molecule has 0 aliphatic carbocycles. The summed E-state index contributed by atoms with van der Waals surface area (Å²) in [5, 5.41) is 1.34. The zero-order valence-corrected chi connectivity index (χ0v) is 14.2. The largest absolute Gasteiger partial charge is 0.378 e. The Kier molecular flexibility index (Phi) is 4.79. The first-order valence-electron chi connectivity index (χ1n) is 7.65. The van der Waals surface area contributed by atoms with Crippen molar-refractivity contribution in [1.29, 1.82) is 0 Å². The second kappa shape index (κ2) is 6.84. The third-order valence-corrected chi connectivity index (χ3v) is 5.91. The molecule has 0 saturated carbocycles. The highest BCUT2D eigenvalue weighted by Gasteiger charge is 2.27. The zero-order chi connectivity index (χ0) is 17.2. The summed E-state index contributed by atoms with van der Waals surface area (Å²) in [4.78, 5) is 18.1. The molecule has 0 radical (unpaired) electrons. The normalized spacial score (nSPS) is 15.8. The summed E-state index contributed by atoms with van der Waals surface area (Å²) < 4.78 is 32.1. The molecule has 1 aliphatic rings. The van der Waals surface area contributed by atoms with Gasteiger partial charge in [0.1, 0.15) is 0 Å². The van der Waals surface area contributed by atoms with Crippen molar-refractivity contribution in [2.24, 2.45) is 0 Å². The van der Waals surface area contributed by atoms with Crippen molar-refractivity contribution in [2.75, 3.05) is 39.9 Å². The molecule has 1 aromatic carbocycles. The van der Waals surface area contributed by atoms with Gasteiger partial charge in [-0.25, -0.2) is 8.42 Å². The van der Waals surface area contributed by atoms with Gasteiger partial charge in [-0.1, -0.05) is 12.1 Å². The van der Waals surface area contributed by atoms with Gasteiger partial charge in [0.15, 0.2) is 0 Å². The fourth-order valence-corrected chi connectivity index (χ4v) is 4.00. The van der Waals surface area contributed by atoms with Crippen LogP contribution in [-0.4, -0.2) is 68.4 Å². The first-order chi connectivity index (χ1) is 11.5. The Morgan fingerprint density at radius 2 is 2.04 bits per heavy atom. The summed E-state index contributed by atoms with van der Waals surface area (Å²) in [5.74, 6) is -0.216. The Morgan fingerprint density at radius 1 is 1.29 bits per heavy atom. The molecule has 2 heterocycles.